The van der Waals surface area contributed by atoms with Crippen LogP contribution in [0.4, 0.5) is 0 Å². The zero-order chi connectivity index (χ0) is 17.3. The van der Waals surface area contributed by atoms with Crippen molar-refractivity contribution in [1.82, 2.24) is 15.4 Å². The van der Waals surface area contributed by atoms with Crippen molar-refractivity contribution >= 4 is 17.2 Å². The minimum absolute atomic E-state index is 0.0438. The lowest BCUT2D eigenvalue weighted by Crippen LogP contribution is -2.39. The Hall–Kier alpha value is -1.70. The third-order valence-electron chi connectivity index (χ3n) is 5.38. The van der Waals surface area contributed by atoms with E-state index < -0.39 is 0 Å². The number of ether oxygens (including phenoxy) is 1. The summed E-state index contributed by atoms with van der Waals surface area (Å²) in [5.74, 6) is 0.534. The van der Waals surface area contributed by atoms with E-state index in [-0.39, 0.29) is 11.3 Å². The van der Waals surface area contributed by atoms with Crippen LogP contribution >= 0.6 is 11.3 Å². The topological polar surface area (TPSA) is 67.6 Å². The molecule has 4 rings (SSSR count). The molecule has 2 aromatic heterocycles. The molecule has 7 heteroatoms. The number of rotatable bonds is 6. The van der Waals surface area contributed by atoms with Crippen LogP contribution in [-0.2, 0) is 17.9 Å². The lowest BCUT2D eigenvalue weighted by atomic mass is 9.93. The smallest absolute Gasteiger partial charge is 0.276 e. The van der Waals surface area contributed by atoms with E-state index in [0.29, 0.717) is 30.6 Å². The molecule has 1 aliphatic carbocycles. The van der Waals surface area contributed by atoms with E-state index in [9.17, 15) is 4.79 Å². The van der Waals surface area contributed by atoms with Crippen molar-refractivity contribution in [1.29, 1.82) is 0 Å². The Morgan fingerprint density at radius 1 is 1.52 bits per heavy atom. The van der Waals surface area contributed by atoms with Gasteiger partial charge in [-0.05, 0) is 60.2 Å². The van der Waals surface area contributed by atoms with Crippen LogP contribution in [0.15, 0.2) is 27.4 Å². The second kappa shape index (κ2) is 6.90. The van der Waals surface area contributed by atoms with Crippen LogP contribution in [-0.4, -0.2) is 42.2 Å². The highest BCUT2D eigenvalue weighted by Crippen LogP contribution is 2.56. The quantitative estimate of drug-likeness (QED) is 0.857. The summed E-state index contributed by atoms with van der Waals surface area (Å²) in [6.07, 6.45) is 3.37. The number of amides is 1. The van der Waals surface area contributed by atoms with Gasteiger partial charge < -0.3 is 19.5 Å². The van der Waals surface area contributed by atoms with Crippen molar-refractivity contribution in [3.05, 3.63) is 39.9 Å². The van der Waals surface area contributed by atoms with Crippen LogP contribution in [0, 0.1) is 5.41 Å². The number of nitrogens with one attached hydrogen (secondary N) is 1. The Bertz CT molecular complexity index is 722. The van der Waals surface area contributed by atoms with Gasteiger partial charge in [-0.1, -0.05) is 5.16 Å². The molecule has 0 radical (unpaired) electrons. The van der Waals surface area contributed by atoms with Gasteiger partial charge in [0.2, 0.25) is 0 Å². The first-order chi connectivity index (χ1) is 12.2. The molecule has 1 N–H and O–H groups in total. The third-order valence-corrected chi connectivity index (χ3v) is 6.11. The summed E-state index contributed by atoms with van der Waals surface area (Å²) in [6.45, 7) is 3.04. The molecule has 0 aromatic carbocycles. The van der Waals surface area contributed by atoms with Crippen LogP contribution in [0.25, 0.3) is 0 Å². The zero-order valence-corrected chi connectivity index (χ0v) is 15.2. The molecular weight excluding hydrogens is 338 g/mol. The highest BCUT2D eigenvalue weighted by molar-refractivity contribution is 7.07. The monoisotopic (exact) mass is 361 g/mol. The number of aromatic nitrogens is 1. The predicted molar refractivity (Wildman–Crippen MR) is 94.4 cm³/mol. The average molecular weight is 361 g/mol. The fourth-order valence-corrected chi connectivity index (χ4v) is 4.56. The van der Waals surface area contributed by atoms with Crippen molar-refractivity contribution in [2.45, 2.75) is 38.5 Å². The first-order valence-electron chi connectivity index (χ1n) is 8.69. The van der Waals surface area contributed by atoms with E-state index >= 15 is 0 Å². The molecule has 134 valence electrons. The molecular formula is C18H23N3O3S. The number of carbonyl (C=O) groups excluding carboxylic acids is 1. The maximum absolute atomic E-state index is 13.1. The standard InChI is InChI=1S/C18H23N3O3S/c1-23-11-14-8-15(20-24-14)17(22)21(10-13-2-7-25-12-13)16-9-18(16)3-5-19-6-4-18/h2,7-8,12,16,19H,3-6,9-11H2,1H3/t16-/m1/s1. The molecule has 6 nitrogen and oxygen atoms in total. The molecule has 1 aliphatic heterocycles. The second-order valence-electron chi connectivity index (χ2n) is 7.01. The fraction of sp³-hybridized carbons (Fsp3) is 0.556. The van der Waals surface area contributed by atoms with Crippen LogP contribution in [0.5, 0.6) is 0 Å². The molecule has 2 aliphatic rings. The molecule has 2 fully saturated rings. The zero-order valence-electron chi connectivity index (χ0n) is 14.4. The van der Waals surface area contributed by atoms with Crippen LogP contribution in [0.2, 0.25) is 0 Å². The summed E-state index contributed by atoms with van der Waals surface area (Å²) < 4.78 is 10.3. The number of hydrogen-bond acceptors (Lipinski definition) is 6. The summed E-state index contributed by atoms with van der Waals surface area (Å²) in [7, 11) is 1.60. The van der Waals surface area contributed by atoms with Crippen LogP contribution < -0.4 is 5.32 Å². The van der Waals surface area contributed by atoms with Gasteiger partial charge in [-0.25, -0.2) is 0 Å². The maximum Gasteiger partial charge on any atom is 0.276 e. The highest BCUT2D eigenvalue weighted by atomic mass is 32.1. The molecule has 1 amide bonds. The van der Waals surface area contributed by atoms with Gasteiger partial charge in [0.15, 0.2) is 11.5 Å². The normalized spacial score (nSPS) is 21.4. The number of methoxy groups -OCH3 is 1. The van der Waals surface area contributed by atoms with E-state index in [4.69, 9.17) is 9.26 Å². The summed E-state index contributed by atoms with van der Waals surface area (Å²) >= 11 is 1.66. The molecule has 0 unspecified atom stereocenters. The minimum atomic E-state index is -0.0438. The van der Waals surface area contributed by atoms with Gasteiger partial charge in [0.1, 0.15) is 6.61 Å². The summed E-state index contributed by atoms with van der Waals surface area (Å²) in [5, 5.41) is 11.6. The molecule has 1 saturated heterocycles. The summed E-state index contributed by atoms with van der Waals surface area (Å²) in [6, 6.07) is 4.08. The van der Waals surface area contributed by atoms with Crippen molar-refractivity contribution in [2.24, 2.45) is 5.41 Å². The number of hydrogen-bond donors (Lipinski definition) is 1. The van der Waals surface area contributed by atoms with Gasteiger partial charge in [-0.15, -0.1) is 0 Å². The molecule has 1 spiro atoms. The van der Waals surface area contributed by atoms with Crippen molar-refractivity contribution in [2.75, 3.05) is 20.2 Å². The van der Waals surface area contributed by atoms with Gasteiger partial charge in [0, 0.05) is 25.8 Å². The van der Waals surface area contributed by atoms with Crippen LogP contribution in [0.3, 0.4) is 0 Å². The highest BCUT2D eigenvalue weighted by Gasteiger charge is 2.58. The first kappa shape index (κ1) is 16.8. The molecule has 1 saturated carbocycles. The number of piperidine rings is 1. The lowest BCUT2D eigenvalue weighted by molar-refractivity contribution is 0.0681. The predicted octanol–water partition coefficient (Wildman–Crippen LogP) is 2.67. The molecule has 2 aromatic rings. The second-order valence-corrected chi connectivity index (χ2v) is 7.79. The van der Waals surface area contributed by atoms with Gasteiger partial charge >= 0.3 is 0 Å². The number of nitrogens with zero attached hydrogens (tertiary/aromatic N) is 2. The fourth-order valence-electron chi connectivity index (χ4n) is 3.90. The van der Waals surface area contributed by atoms with Crippen molar-refractivity contribution < 1.29 is 14.1 Å². The maximum atomic E-state index is 13.1. The van der Waals surface area contributed by atoms with Gasteiger partial charge in [-0.3, -0.25) is 4.79 Å². The Kier molecular flexibility index (Phi) is 4.62. The third kappa shape index (κ3) is 3.36. The number of thiophene rings is 1. The van der Waals surface area contributed by atoms with E-state index in [2.05, 4.69) is 27.3 Å². The Labute approximate surface area is 151 Å². The molecule has 0 bridgehead atoms. The van der Waals surface area contributed by atoms with Crippen molar-refractivity contribution in [3.63, 3.8) is 0 Å². The van der Waals surface area contributed by atoms with Crippen molar-refractivity contribution in [3.8, 4) is 0 Å². The van der Waals surface area contributed by atoms with E-state index in [1.165, 1.54) is 5.56 Å². The number of carbonyl (C=O) groups is 1. The van der Waals surface area contributed by atoms with E-state index in [1.807, 2.05) is 4.90 Å². The summed E-state index contributed by atoms with van der Waals surface area (Å²) in [5.41, 5.74) is 1.84. The Morgan fingerprint density at radius 3 is 3.08 bits per heavy atom. The van der Waals surface area contributed by atoms with Gasteiger partial charge in [0.05, 0.1) is 0 Å². The Morgan fingerprint density at radius 2 is 2.36 bits per heavy atom. The summed E-state index contributed by atoms with van der Waals surface area (Å²) in [4.78, 5) is 15.1. The molecule has 25 heavy (non-hydrogen) atoms. The van der Waals surface area contributed by atoms with Gasteiger partial charge in [-0.2, -0.15) is 11.3 Å². The molecule has 3 heterocycles. The SMILES string of the molecule is COCc1cc(C(=O)N(Cc2ccsc2)[C@@H]2CC23CCNCC3)no1. The average Bonchev–Trinajstić information content (AvgIpc) is 3.04. The first-order valence-corrected chi connectivity index (χ1v) is 9.63. The van der Waals surface area contributed by atoms with Crippen LogP contribution in [0.1, 0.15) is 41.1 Å². The lowest BCUT2D eigenvalue weighted by Gasteiger charge is -2.29. The minimum Gasteiger partial charge on any atom is -0.377 e. The van der Waals surface area contributed by atoms with E-state index in [0.717, 1.165) is 32.4 Å². The van der Waals surface area contributed by atoms with E-state index in [1.54, 1.807) is 24.5 Å². The Balaban J connectivity index is 1.55. The van der Waals surface area contributed by atoms with Gasteiger partial charge in [0.25, 0.3) is 5.91 Å². The largest absolute Gasteiger partial charge is 0.377 e. The molecule has 1 atom stereocenters.